The highest BCUT2D eigenvalue weighted by atomic mass is 79.9. The average Bonchev–Trinajstić information content (AvgIpc) is 2.79. The Bertz CT molecular complexity index is 1230. The molecule has 10 nitrogen and oxygen atoms in total. The first-order valence-corrected chi connectivity index (χ1v) is 11.9. The lowest BCUT2D eigenvalue weighted by Gasteiger charge is -2.15. The second kappa shape index (κ2) is 11.2. The Morgan fingerprint density at radius 3 is 2.44 bits per heavy atom. The molecule has 0 atom stereocenters. The Balaban J connectivity index is 1.81. The van der Waals surface area contributed by atoms with E-state index in [1.54, 1.807) is 31.2 Å². The Morgan fingerprint density at radius 1 is 1.06 bits per heavy atom. The maximum Gasteiger partial charge on any atom is 0.316 e. The van der Waals surface area contributed by atoms with Crippen LogP contribution in [0.15, 0.2) is 47.4 Å². The van der Waals surface area contributed by atoms with Gasteiger partial charge in [-0.2, -0.15) is 13.1 Å². The SMILES string of the molecule is [2H]c1nc(OCCOc2ncnc(NS(=O)(=O)NCCC)c2-c2ccc(Br)cc2)nc([2H])c1C. The molecule has 0 saturated carbocycles. The molecule has 0 unspecified atom stereocenters. The van der Waals surface area contributed by atoms with E-state index in [9.17, 15) is 8.42 Å². The van der Waals surface area contributed by atoms with Crippen molar-refractivity contribution in [2.75, 3.05) is 24.5 Å². The molecule has 32 heavy (non-hydrogen) atoms. The van der Waals surface area contributed by atoms with Gasteiger partial charge in [0.05, 0.1) is 8.30 Å². The van der Waals surface area contributed by atoms with Crippen LogP contribution in [0.1, 0.15) is 21.6 Å². The molecule has 2 heterocycles. The Morgan fingerprint density at radius 2 is 1.75 bits per heavy atom. The Kier molecular flexibility index (Phi) is 7.34. The second-order valence-corrected chi connectivity index (χ2v) is 8.88. The zero-order valence-corrected chi connectivity index (χ0v) is 19.8. The van der Waals surface area contributed by atoms with Crippen molar-refractivity contribution in [1.82, 2.24) is 24.7 Å². The van der Waals surface area contributed by atoms with E-state index in [0.29, 0.717) is 23.1 Å². The zero-order chi connectivity index (χ0) is 24.7. The van der Waals surface area contributed by atoms with E-state index in [0.717, 1.165) is 4.47 Å². The van der Waals surface area contributed by atoms with Gasteiger partial charge in [-0.3, -0.25) is 4.72 Å². The lowest BCUT2D eigenvalue weighted by Crippen LogP contribution is -2.31. The minimum Gasteiger partial charge on any atom is -0.473 e. The number of ether oxygens (including phenoxy) is 2. The van der Waals surface area contributed by atoms with Crippen LogP contribution in [-0.4, -0.2) is 48.1 Å². The molecular formula is C20H23BrN6O4S. The first kappa shape index (κ1) is 21.0. The lowest BCUT2D eigenvalue weighted by atomic mass is 10.1. The molecule has 0 aliphatic heterocycles. The van der Waals surface area contributed by atoms with Gasteiger partial charge in [-0.1, -0.05) is 35.0 Å². The molecule has 0 radical (unpaired) electrons. The average molecular weight is 525 g/mol. The molecule has 0 bridgehead atoms. The van der Waals surface area contributed by atoms with Crippen molar-refractivity contribution in [3.63, 3.8) is 0 Å². The molecular weight excluding hydrogens is 500 g/mol. The van der Waals surface area contributed by atoms with Gasteiger partial charge in [-0.05, 0) is 36.6 Å². The normalized spacial score (nSPS) is 12.1. The van der Waals surface area contributed by atoms with Crippen LogP contribution in [0.3, 0.4) is 0 Å². The van der Waals surface area contributed by atoms with Gasteiger partial charge in [0, 0.05) is 23.4 Å². The van der Waals surface area contributed by atoms with E-state index in [4.69, 9.17) is 12.2 Å². The van der Waals surface area contributed by atoms with E-state index >= 15 is 0 Å². The molecule has 2 aromatic heterocycles. The molecule has 0 aliphatic rings. The molecule has 0 saturated heterocycles. The molecule has 0 amide bonds. The third-order valence-electron chi connectivity index (χ3n) is 3.91. The summed E-state index contributed by atoms with van der Waals surface area (Å²) >= 11 is 3.38. The number of hydrogen-bond donors (Lipinski definition) is 2. The number of nitrogens with zero attached hydrogens (tertiary/aromatic N) is 4. The molecule has 12 heteroatoms. The van der Waals surface area contributed by atoms with Gasteiger partial charge in [0.25, 0.3) is 10.2 Å². The number of benzene rings is 1. The lowest BCUT2D eigenvalue weighted by molar-refractivity contribution is 0.202. The van der Waals surface area contributed by atoms with Crippen LogP contribution in [0.5, 0.6) is 11.9 Å². The molecule has 170 valence electrons. The second-order valence-electron chi connectivity index (χ2n) is 6.46. The van der Waals surface area contributed by atoms with Crippen LogP contribution in [0.2, 0.25) is 0 Å². The molecule has 1 aromatic carbocycles. The summed E-state index contributed by atoms with van der Waals surface area (Å²) in [6.07, 6.45) is 1.65. The van der Waals surface area contributed by atoms with E-state index in [1.165, 1.54) is 6.33 Å². The molecule has 0 aliphatic carbocycles. The van der Waals surface area contributed by atoms with E-state index in [2.05, 4.69) is 45.3 Å². The highest BCUT2D eigenvalue weighted by molar-refractivity contribution is 9.10. The smallest absolute Gasteiger partial charge is 0.316 e. The van der Waals surface area contributed by atoms with Gasteiger partial charge in [0.15, 0.2) is 5.82 Å². The maximum atomic E-state index is 12.4. The number of nitrogens with one attached hydrogen (secondary N) is 2. The fraction of sp³-hybridized carbons (Fsp3) is 0.300. The summed E-state index contributed by atoms with van der Waals surface area (Å²) < 4.78 is 57.2. The fourth-order valence-corrected chi connectivity index (χ4v) is 3.70. The monoisotopic (exact) mass is 524 g/mol. The zero-order valence-electron chi connectivity index (χ0n) is 19.4. The van der Waals surface area contributed by atoms with E-state index < -0.39 is 10.2 Å². The van der Waals surface area contributed by atoms with Crippen LogP contribution < -0.4 is 18.9 Å². The van der Waals surface area contributed by atoms with Gasteiger partial charge >= 0.3 is 6.01 Å². The predicted octanol–water partition coefficient (Wildman–Crippen LogP) is 3.12. The number of rotatable bonds is 11. The predicted molar refractivity (Wildman–Crippen MR) is 124 cm³/mol. The number of halogens is 1. The standard InChI is InChI=1S/C20H23BrN6O4S/c1-3-8-26-32(28,29)27-18-17(15-4-6-16(21)7-5-15)19(25-13-24-18)30-9-10-31-20-22-11-14(2)12-23-20/h4-7,11-13,26H,3,8-10H2,1-2H3,(H,24,25,27)/i11D,12D. The van der Waals surface area contributed by atoms with Crippen molar-refractivity contribution in [2.45, 2.75) is 20.3 Å². The first-order valence-electron chi connectivity index (χ1n) is 10.7. The van der Waals surface area contributed by atoms with Crippen molar-refractivity contribution in [2.24, 2.45) is 0 Å². The Hall–Kier alpha value is -2.83. The topological polar surface area (TPSA) is 128 Å². The molecule has 0 spiro atoms. The van der Waals surface area contributed by atoms with Crippen molar-refractivity contribution in [3.05, 3.63) is 53.0 Å². The third kappa shape index (κ3) is 6.84. The number of anilines is 1. The quantitative estimate of drug-likeness (QED) is 0.366. The van der Waals surface area contributed by atoms with E-state index in [-0.39, 0.29) is 49.8 Å². The van der Waals surface area contributed by atoms with Crippen LogP contribution in [0.4, 0.5) is 5.82 Å². The summed E-state index contributed by atoms with van der Waals surface area (Å²) in [7, 11) is -3.86. The van der Waals surface area contributed by atoms with Crippen molar-refractivity contribution in [3.8, 4) is 23.0 Å². The Labute approximate surface area is 198 Å². The van der Waals surface area contributed by atoms with Gasteiger partial charge in [-0.25, -0.2) is 19.9 Å². The van der Waals surface area contributed by atoms with Gasteiger partial charge in [0.2, 0.25) is 5.88 Å². The summed E-state index contributed by atoms with van der Waals surface area (Å²) in [5, 5.41) is 0. The molecule has 3 aromatic rings. The molecule has 0 fully saturated rings. The highest BCUT2D eigenvalue weighted by Crippen LogP contribution is 2.34. The van der Waals surface area contributed by atoms with Crippen molar-refractivity contribution >= 4 is 32.0 Å². The van der Waals surface area contributed by atoms with Crippen molar-refractivity contribution < 1.29 is 20.6 Å². The minimum absolute atomic E-state index is 0.00480. The summed E-state index contributed by atoms with van der Waals surface area (Å²) in [5.41, 5.74) is 1.34. The van der Waals surface area contributed by atoms with E-state index in [1.807, 2.05) is 6.92 Å². The summed E-state index contributed by atoms with van der Waals surface area (Å²) in [6, 6.07) is 7.04. The van der Waals surface area contributed by atoms with Crippen LogP contribution >= 0.6 is 15.9 Å². The summed E-state index contributed by atoms with van der Waals surface area (Å²) in [5.74, 6) is 0.192. The molecule has 3 rings (SSSR count). The minimum atomic E-state index is -3.86. The number of hydrogen-bond acceptors (Lipinski definition) is 8. The fourth-order valence-electron chi connectivity index (χ4n) is 2.48. The molecule has 2 N–H and O–H groups in total. The van der Waals surface area contributed by atoms with Crippen LogP contribution in [0, 0.1) is 6.92 Å². The highest BCUT2D eigenvalue weighted by Gasteiger charge is 2.19. The van der Waals surface area contributed by atoms with Crippen molar-refractivity contribution in [1.29, 1.82) is 0 Å². The van der Waals surface area contributed by atoms with Gasteiger partial charge < -0.3 is 9.47 Å². The van der Waals surface area contributed by atoms with Gasteiger partial charge in [-0.15, -0.1) is 0 Å². The number of aromatic nitrogens is 4. The van der Waals surface area contributed by atoms with Gasteiger partial charge in [0.1, 0.15) is 19.5 Å². The van der Waals surface area contributed by atoms with Crippen LogP contribution in [-0.2, 0) is 10.2 Å². The third-order valence-corrected chi connectivity index (χ3v) is 5.49. The summed E-state index contributed by atoms with van der Waals surface area (Å²) in [4.78, 5) is 16.0. The summed E-state index contributed by atoms with van der Waals surface area (Å²) in [6.45, 7) is 3.73. The maximum absolute atomic E-state index is 12.4. The first-order chi connectivity index (χ1) is 16.2. The largest absolute Gasteiger partial charge is 0.473 e. The van der Waals surface area contributed by atoms with Crippen LogP contribution in [0.25, 0.3) is 11.1 Å².